The van der Waals surface area contributed by atoms with E-state index in [1.807, 2.05) is 27.0 Å². The molecule has 1 unspecified atom stereocenters. The van der Waals surface area contributed by atoms with Crippen molar-refractivity contribution >= 4 is 0 Å². The van der Waals surface area contributed by atoms with Crippen molar-refractivity contribution in [1.29, 1.82) is 0 Å². The standard InChI is InChI=1S/C17H29N3O/c1-5-9-18-11-13-7-8-15-14(10-13)12-19-16(20-15)17(3,4)21-6-2/h12-13,18H,5-11H2,1-4H3. The minimum absolute atomic E-state index is 0.399. The Morgan fingerprint density at radius 1 is 1.38 bits per heavy atom. The number of nitrogens with one attached hydrogen (secondary N) is 1. The van der Waals surface area contributed by atoms with E-state index in [1.54, 1.807) is 0 Å². The summed E-state index contributed by atoms with van der Waals surface area (Å²) < 4.78 is 5.76. The number of fused-ring (bicyclic) bond motifs is 1. The summed E-state index contributed by atoms with van der Waals surface area (Å²) >= 11 is 0. The minimum Gasteiger partial charge on any atom is -0.368 e. The lowest BCUT2D eigenvalue weighted by Gasteiger charge is -2.27. The summed E-state index contributed by atoms with van der Waals surface area (Å²) in [6, 6.07) is 0. The third kappa shape index (κ3) is 4.24. The fraction of sp³-hybridized carbons (Fsp3) is 0.765. The van der Waals surface area contributed by atoms with Crippen LogP contribution in [0, 0.1) is 5.92 Å². The molecule has 2 rings (SSSR count). The minimum atomic E-state index is -0.399. The molecule has 1 aliphatic rings. The Morgan fingerprint density at radius 3 is 2.90 bits per heavy atom. The summed E-state index contributed by atoms with van der Waals surface area (Å²) in [5, 5.41) is 3.53. The van der Waals surface area contributed by atoms with Gasteiger partial charge in [0.2, 0.25) is 0 Å². The average Bonchev–Trinajstić information content (AvgIpc) is 2.47. The van der Waals surface area contributed by atoms with Crippen LogP contribution in [0.4, 0.5) is 0 Å². The van der Waals surface area contributed by atoms with Crippen LogP contribution < -0.4 is 5.32 Å². The predicted molar refractivity (Wildman–Crippen MR) is 85.4 cm³/mol. The van der Waals surface area contributed by atoms with E-state index < -0.39 is 5.60 Å². The average molecular weight is 291 g/mol. The van der Waals surface area contributed by atoms with Crippen LogP contribution in [0.2, 0.25) is 0 Å². The van der Waals surface area contributed by atoms with Crippen molar-refractivity contribution in [2.75, 3.05) is 19.7 Å². The van der Waals surface area contributed by atoms with E-state index in [0.717, 1.165) is 37.7 Å². The van der Waals surface area contributed by atoms with Gasteiger partial charge in [-0.2, -0.15) is 0 Å². The molecule has 1 aliphatic carbocycles. The molecule has 1 aromatic heterocycles. The van der Waals surface area contributed by atoms with E-state index in [2.05, 4.69) is 17.2 Å². The zero-order valence-electron chi connectivity index (χ0n) is 13.9. The highest BCUT2D eigenvalue weighted by Crippen LogP contribution is 2.27. The normalized spacial score (nSPS) is 18.6. The number of hydrogen-bond donors (Lipinski definition) is 1. The lowest BCUT2D eigenvalue weighted by molar-refractivity contribution is -0.0210. The highest BCUT2D eigenvalue weighted by atomic mass is 16.5. The summed E-state index contributed by atoms with van der Waals surface area (Å²) in [6.45, 7) is 11.2. The number of nitrogens with zero attached hydrogens (tertiary/aromatic N) is 2. The highest BCUT2D eigenvalue weighted by Gasteiger charge is 2.27. The maximum Gasteiger partial charge on any atom is 0.159 e. The van der Waals surface area contributed by atoms with Gasteiger partial charge in [0.15, 0.2) is 5.82 Å². The Labute approximate surface area is 128 Å². The van der Waals surface area contributed by atoms with Gasteiger partial charge in [0.05, 0.1) is 0 Å². The molecule has 1 aromatic rings. The number of hydrogen-bond acceptors (Lipinski definition) is 4. The molecule has 21 heavy (non-hydrogen) atoms. The monoisotopic (exact) mass is 291 g/mol. The lowest BCUT2D eigenvalue weighted by atomic mass is 9.87. The first-order valence-corrected chi connectivity index (χ1v) is 8.26. The van der Waals surface area contributed by atoms with Gasteiger partial charge in [0.25, 0.3) is 0 Å². The number of aryl methyl sites for hydroxylation is 1. The zero-order valence-corrected chi connectivity index (χ0v) is 13.9. The first-order chi connectivity index (χ1) is 10.1. The highest BCUT2D eigenvalue weighted by molar-refractivity contribution is 5.22. The quantitative estimate of drug-likeness (QED) is 0.785. The Bertz CT molecular complexity index is 459. The molecular formula is C17H29N3O. The lowest BCUT2D eigenvalue weighted by Crippen LogP contribution is -2.30. The van der Waals surface area contributed by atoms with Crippen molar-refractivity contribution in [3.63, 3.8) is 0 Å². The zero-order chi connectivity index (χ0) is 15.3. The van der Waals surface area contributed by atoms with Crippen LogP contribution in [0.1, 0.15) is 57.6 Å². The van der Waals surface area contributed by atoms with Crippen LogP contribution in [0.3, 0.4) is 0 Å². The molecule has 0 radical (unpaired) electrons. The molecule has 0 fully saturated rings. The molecule has 4 nitrogen and oxygen atoms in total. The fourth-order valence-electron chi connectivity index (χ4n) is 2.96. The van der Waals surface area contributed by atoms with Crippen molar-refractivity contribution < 1.29 is 4.74 Å². The van der Waals surface area contributed by atoms with Crippen LogP contribution in [0.15, 0.2) is 6.20 Å². The van der Waals surface area contributed by atoms with Gasteiger partial charge >= 0.3 is 0 Å². The summed E-state index contributed by atoms with van der Waals surface area (Å²) in [5.41, 5.74) is 2.14. The van der Waals surface area contributed by atoms with Gasteiger partial charge in [0.1, 0.15) is 5.60 Å². The maximum absolute atomic E-state index is 5.76. The molecule has 0 saturated carbocycles. The van der Waals surface area contributed by atoms with Gasteiger partial charge in [-0.15, -0.1) is 0 Å². The van der Waals surface area contributed by atoms with Crippen LogP contribution in [-0.4, -0.2) is 29.7 Å². The molecule has 0 bridgehead atoms. The Kier molecular flexibility index (Phi) is 5.71. The molecule has 0 saturated heterocycles. The van der Waals surface area contributed by atoms with Crippen LogP contribution >= 0.6 is 0 Å². The summed E-state index contributed by atoms with van der Waals surface area (Å²) in [5.74, 6) is 1.53. The first kappa shape index (κ1) is 16.4. The van der Waals surface area contributed by atoms with Crippen LogP contribution in [0.25, 0.3) is 0 Å². The van der Waals surface area contributed by atoms with Crippen molar-refractivity contribution in [3.05, 3.63) is 23.3 Å². The van der Waals surface area contributed by atoms with Gasteiger partial charge in [0, 0.05) is 18.5 Å². The Morgan fingerprint density at radius 2 is 2.19 bits per heavy atom. The molecule has 0 amide bonds. The molecule has 4 heteroatoms. The molecule has 1 atom stereocenters. The first-order valence-electron chi connectivity index (χ1n) is 8.26. The Balaban J connectivity index is 2.03. The van der Waals surface area contributed by atoms with Gasteiger partial charge in [-0.3, -0.25) is 0 Å². The molecule has 118 valence electrons. The third-order valence-electron chi connectivity index (χ3n) is 4.16. The second kappa shape index (κ2) is 7.32. The second-order valence-corrected chi connectivity index (χ2v) is 6.42. The molecule has 1 N–H and O–H groups in total. The van der Waals surface area contributed by atoms with Crippen LogP contribution in [0.5, 0.6) is 0 Å². The van der Waals surface area contributed by atoms with E-state index >= 15 is 0 Å². The van der Waals surface area contributed by atoms with Crippen molar-refractivity contribution in [2.45, 2.75) is 59.0 Å². The Hall–Kier alpha value is -1.00. The smallest absolute Gasteiger partial charge is 0.159 e. The van der Waals surface area contributed by atoms with Gasteiger partial charge in [-0.25, -0.2) is 9.97 Å². The summed E-state index contributed by atoms with van der Waals surface area (Å²) in [4.78, 5) is 9.33. The van der Waals surface area contributed by atoms with E-state index in [1.165, 1.54) is 24.1 Å². The van der Waals surface area contributed by atoms with Crippen LogP contribution in [-0.2, 0) is 23.2 Å². The number of rotatable bonds is 7. The maximum atomic E-state index is 5.76. The molecular weight excluding hydrogens is 262 g/mol. The molecule has 0 spiro atoms. The number of ether oxygens (including phenoxy) is 1. The van der Waals surface area contributed by atoms with E-state index in [0.29, 0.717) is 6.61 Å². The summed E-state index contributed by atoms with van der Waals surface area (Å²) in [6.07, 6.45) is 6.59. The molecule has 0 aromatic carbocycles. The molecule has 1 heterocycles. The van der Waals surface area contributed by atoms with E-state index in [-0.39, 0.29) is 0 Å². The summed E-state index contributed by atoms with van der Waals surface area (Å²) in [7, 11) is 0. The SMILES string of the molecule is CCCNCC1CCc2nc(C(C)(C)OCC)ncc2C1. The van der Waals surface area contributed by atoms with Crippen molar-refractivity contribution in [2.24, 2.45) is 5.92 Å². The predicted octanol–water partition coefficient (Wildman–Crippen LogP) is 2.85. The van der Waals surface area contributed by atoms with Gasteiger partial charge < -0.3 is 10.1 Å². The topological polar surface area (TPSA) is 47.0 Å². The largest absolute Gasteiger partial charge is 0.368 e. The molecule has 0 aliphatic heterocycles. The number of aromatic nitrogens is 2. The van der Waals surface area contributed by atoms with Gasteiger partial charge in [-0.05, 0) is 71.0 Å². The van der Waals surface area contributed by atoms with E-state index in [9.17, 15) is 0 Å². The van der Waals surface area contributed by atoms with E-state index in [4.69, 9.17) is 9.72 Å². The second-order valence-electron chi connectivity index (χ2n) is 6.42. The van der Waals surface area contributed by atoms with Crippen molar-refractivity contribution in [3.8, 4) is 0 Å². The fourth-order valence-corrected chi connectivity index (χ4v) is 2.96. The van der Waals surface area contributed by atoms with Gasteiger partial charge in [-0.1, -0.05) is 6.92 Å². The van der Waals surface area contributed by atoms with Crippen molar-refractivity contribution in [1.82, 2.24) is 15.3 Å². The third-order valence-corrected chi connectivity index (χ3v) is 4.16.